The third-order valence-corrected chi connectivity index (χ3v) is 3.50. The lowest BCUT2D eigenvalue weighted by molar-refractivity contribution is 0.305. The number of ether oxygens (including phenoxy) is 4. The van der Waals surface area contributed by atoms with E-state index in [9.17, 15) is 4.79 Å². The van der Waals surface area contributed by atoms with Crippen LogP contribution in [0.2, 0.25) is 0 Å². The van der Waals surface area contributed by atoms with Gasteiger partial charge in [-0.05, 0) is 36.4 Å². The zero-order valence-electron chi connectivity index (χ0n) is 13.5. The second-order valence-corrected chi connectivity index (χ2v) is 4.89. The molecule has 124 valence electrons. The summed E-state index contributed by atoms with van der Waals surface area (Å²) in [5.41, 5.74) is 0.0357. The van der Waals surface area contributed by atoms with E-state index in [1.54, 1.807) is 49.6 Å². The summed E-state index contributed by atoms with van der Waals surface area (Å²) >= 11 is 0. The fourth-order valence-corrected chi connectivity index (χ4v) is 2.26. The quantitative estimate of drug-likeness (QED) is 0.713. The Morgan fingerprint density at radius 2 is 1.42 bits per heavy atom. The number of hydrogen-bond donors (Lipinski definition) is 0. The smallest absolute Gasteiger partial charge is 0.338 e. The number of methoxy groups -OCH3 is 3. The maximum absolute atomic E-state index is 12.5. The molecule has 3 rings (SSSR count). The molecule has 0 saturated carbocycles. The highest BCUT2D eigenvalue weighted by molar-refractivity contribution is 5.80. The highest BCUT2D eigenvalue weighted by Gasteiger charge is 2.18. The molecule has 0 aliphatic rings. The Balaban J connectivity index is 2.09. The molecule has 0 spiro atoms. The summed E-state index contributed by atoms with van der Waals surface area (Å²) in [6, 6.07) is 11.8. The molecule has 0 radical (unpaired) electrons. The van der Waals surface area contributed by atoms with E-state index in [4.69, 9.17) is 23.4 Å². The summed E-state index contributed by atoms with van der Waals surface area (Å²) in [4.78, 5) is 12.5. The van der Waals surface area contributed by atoms with Crippen molar-refractivity contribution < 1.29 is 23.4 Å². The van der Waals surface area contributed by atoms with E-state index in [0.29, 0.717) is 28.2 Å². The summed E-state index contributed by atoms with van der Waals surface area (Å²) in [6.45, 7) is 0. The van der Waals surface area contributed by atoms with Gasteiger partial charge in [-0.25, -0.2) is 0 Å². The number of benzene rings is 2. The van der Waals surface area contributed by atoms with Gasteiger partial charge in [-0.15, -0.1) is 0 Å². The molecule has 0 atom stereocenters. The van der Waals surface area contributed by atoms with E-state index in [0.717, 1.165) is 0 Å². The van der Waals surface area contributed by atoms with Crippen molar-refractivity contribution in [1.82, 2.24) is 0 Å². The third kappa shape index (κ3) is 2.86. The maximum atomic E-state index is 12.5. The lowest BCUT2D eigenvalue weighted by atomic mass is 10.2. The Kier molecular flexibility index (Phi) is 4.29. The highest BCUT2D eigenvalue weighted by Crippen LogP contribution is 2.33. The van der Waals surface area contributed by atoms with Crippen molar-refractivity contribution in [1.29, 1.82) is 0 Å². The van der Waals surface area contributed by atoms with Crippen LogP contribution in [0.25, 0.3) is 11.0 Å². The van der Waals surface area contributed by atoms with Crippen molar-refractivity contribution in [2.24, 2.45) is 0 Å². The Hall–Kier alpha value is -3.15. The van der Waals surface area contributed by atoms with Crippen molar-refractivity contribution in [3.8, 4) is 28.9 Å². The third-order valence-electron chi connectivity index (χ3n) is 3.50. The van der Waals surface area contributed by atoms with Crippen LogP contribution in [0.15, 0.2) is 51.7 Å². The Labute approximate surface area is 138 Å². The largest absolute Gasteiger partial charge is 0.497 e. The molecule has 1 heterocycles. The van der Waals surface area contributed by atoms with Gasteiger partial charge in [0.05, 0.1) is 26.7 Å². The molecule has 2 aromatic carbocycles. The van der Waals surface area contributed by atoms with E-state index in [1.807, 2.05) is 0 Å². The van der Waals surface area contributed by atoms with Gasteiger partial charge in [-0.1, -0.05) is 0 Å². The first-order valence-electron chi connectivity index (χ1n) is 7.17. The van der Waals surface area contributed by atoms with E-state index in [2.05, 4.69) is 0 Å². The van der Waals surface area contributed by atoms with Gasteiger partial charge >= 0.3 is 5.95 Å². The standard InChI is InChI=1S/C18H16O6/c1-20-11-4-6-12(7-5-11)23-18-17(22-3)16(19)14-9-8-13(21-2)10-15(14)24-18/h4-10H,1-3H3. The second-order valence-electron chi connectivity index (χ2n) is 4.89. The first-order valence-corrected chi connectivity index (χ1v) is 7.17. The lowest BCUT2D eigenvalue weighted by Gasteiger charge is -2.10. The van der Waals surface area contributed by atoms with Crippen molar-refractivity contribution in [3.05, 3.63) is 52.7 Å². The van der Waals surface area contributed by atoms with Gasteiger partial charge in [0.25, 0.3) is 0 Å². The molecule has 1 aromatic heterocycles. The first-order chi connectivity index (χ1) is 11.7. The topological polar surface area (TPSA) is 67.1 Å². The molecule has 0 N–H and O–H groups in total. The van der Waals surface area contributed by atoms with Crippen LogP contribution in [0.5, 0.6) is 28.9 Å². The summed E-state index contributed by atoms with van der Waals surface area (Å²) in [5.74, 6) is 1.74. The molecule has 6 heteroatoms. The molecule has 0 aliphatic carbocycles. The van der Waals surface area contributed by atoms with E-state index in [-0.39, 0.29) is 17.1 Å². The lowest BCUT2D eigenvalue weighted by Crippen LogP contribution is -2.07. The van der Waals surface area contributed by atoms with Crippen LogP contribution in [0, 0.1) is 0 Å². The minimum absolute atomic E-state index is 0.00323. The zero-order chi connectivity index (χ0) is 17.1. The fourth-order valence-electron chi connectivity index (χ4n) is 2.26. The van der Waals surface area contributed by atoms with E-state index >= 15 is 0 Å². The molecule has 0 amide bonds. The van der Waals surface area contributed by atoms with E-state index in [1.165, 1.54) is 14.2 Å². The van der Waals surface area contributed by atoms with Gasteiger partial charge in [0.1, 0.15) is 22.8 Å². The number of fused-ring (bicyclic) bond motifs is 1. The average molecular weight is 328 g/mol. The van der Waals surface area contributed by atoms with Gasteiger partial charge < -0.3 is 23.4 Å². The summed E-state index contributed by atoms with van der Waals surface area (Å²) in [7, 11) is 4.51. The summed E-state index contributed by atoms with van der Waals surface area (Å²) < 4.78 is 26.8. The van der Waals surface area contributed by atoms with Gasteiger partial charge in [0, 0.05) is 6.07 Å². The fraction of sp³-hybridized carbons (Fsp3) is 0.167. The molecule has 0 saturated heterocycles. The van der Waals surface area contributed by atoms with Gasteiger partial charge in [-0.3, -0.25) is 4.79 Å². The molecule has 0 bridgehead atoms. The van der Waals surface area contributed by atoms with Crippen LogP contribution in [-0.2, 0) is 0 Å². The van der Waals surface area contributed by atoms with Crippen molar-refractivity contribution in [2.75, 3.05) is 21.3 Å². The molecular weight excluding hydrogens is 312 g/mol. The summed E-state index contributed by atoms with van der Waals surface area (Å²) in [5, 5.41) is 0.384. The van der Waals surface area contributed by atoms with Crippen LogP contribution in [0.3, 0.4) is 0 Å². The molecule has 6 nitrogen and oxygen atoms in total. The number of hydrogen-bond acceptors (Lipinski definition) is 6. The molecule has 0 aliphatic heterocycles. The zero-order valence-corrected chi connectivity index (χ0v) is 13.5. The molecular formula is C18H16O6. The van der Waals surface area contributed by atoms with E-state index < -0.39 is 0 Å². The minimum Gasteiger partial charge on any atom is -0.497 e. The number of rotatable bonds is 5. The Morgan fingerprint density at radius 1 is 0.792 bits per heavy atom. The molecule has 24 heavy (non-hydrogen) atoms. The molecule has 0 fully saturated rings. The van der Waals surface area contributed by atoms with Crippen LogP contribution >= 0.6 is 0 Å². The monoisotopic (exact) mass is 328 g/mol. The van der Waals surface area contributed by atoms with Gasteiger partial charge in [-0.2, -0.15) is 0 Å². The highest BCUT2D eigenvalue weighted by atomic mass is 16.6. The molecule has 0 unspecified atom stereocenters. The van der Waals surface area contributed by atoms with Gasteiger partial charge in [0.2, 0.25) is 11.2 Å². The van der Waals surface area contributed by atoms with Crippen LogP contribution in [0.1, 0.15) is 0 Å². The Bertz CT molecular complexity index is 911. The van der Waals surface area contributed by atoms with Crippen LogP contribution in [-0.4, -0.2) is 21.3 Å². The first kappa shape index (κ1) is 15.7. The van der Waals surface area contributed by atoms with Crippen molar-refractivity contribution >= 4 is 11.0 Å². The van der Waals surface area contributed by atoms with Gasteiger partial charge in [0.15, 0.2) is 0 Å². The normalized spacial score (nSPS) is 10.5. The SMILES string of the molecule is COc1ccc(Oc2oc3cc(OC)ccc3c(=O)c2OC)cc1. The summed E-state index contributed by atoms with van der Waals surface area (Å²) in [6.07, 6.45) is 0. The minimum atomic E-state index is -0.315. The van der Waals surface area contributed by atoms with Crippen molar-refractivity contribution in [3.63, 3.8) is 0 Å². The van der Waals surface area contributed by atoms with Crippen LogP contribution in [0.4, 0.5) is 0 Å². The predicted molar refractivity (Wildman–Crippen MR) is 88.7 cm³/mol. The predicted octanol–water partition coefficient (Wildman–Crippen LogP) is 3.61. The van der Waals surface area contributed by atoms with Crippen molar-refractivity contribution in [2.45, 2.75) is 0 Å². The molecule has 3 aromatic rings. The average Bonchev–Trinajstić information content (AvgIpc) is 2.62. The van der Waals surface area contributed by atoms with Crippen LogP contribution < -0.4 is 24.4 Å². The Morgan fingerprint density at radius 3 is 2.04 bits per heavy atom. The second kappa shape index (κ2) is 6.54. The maximum Gasteiger partial charge on any atom is 0.338 e.